The maximum absolute atomic E-state index is 11.8. The highest BCUT2D eigenvalue weighted by molar-refractivity contribution is 5.83. The van der Waals surface area contributed by atoms with Crippen LogP contribution in [-0.4, -0.2) is 33.6 Å². The van der Waals surface area contributed by atoms with E-state index < -0.39 is 6.04 Å². The van der Waals surface area contributed by atoms with Crippen molar-refractivity contribution in [3.8, 4) is 0 Å². The fourth-order valence-electron chi connectivity index (χ4n) is 2.69. The molecule has 0 spiro atoms. The van der Waals surface area contributed by atoms with Crippen molar-refractivity contribution in [2.75, 3.05) is 11.4 Å². The number of amides is 1. The van der Waals surface area contributed by atoms with Crippen molar-refractivity contribution in [2.45, 2.75) is 31.7 Å². The molecule has 0 saturated carbocycles. The van der Waals surface area contributed by atoms with E-state index in [1.54, 1.807) is 19.2 Å². The lowest BCUT2D eigenvalue weighted by molar-refractivity contribution is -0.119. The standard InChI is InChI=1S/C14H16N5O2/c1-9-17-14(21-18-9)10-5-7-19(11(8-10)13(15)20)12-4-2-3-6-16-12/h2,4,6,10-11H,5,7-8H2,1H3,(H2,15,20). The van der Waals surface area contributed by atoms with E-state index in [2.05, 4.69) is 21.2 Å². The molecule has 2 atom stereocenters. The van der Waals surface area contributed by atoms with E-state index in [4.69, 9.17) is 10.3 Å². The monoisotopic (exact) mass is 286 g/mol. The van der Waals surface area contributed by atoms with Crippen LogP contribution < -0.4 is 10.6 Å². The predicted molar refractivity (Wildman–Crippen MR) is 74.4 cm³/mol. The van der Waals surface area contributed by atoms with E-state index >= 15 is 0 Å². The van der Waals surface area contributed by atoms with E-state index in [1.165, 1.54) is 0 Å². The van der Waals surface area contributed by atoms with Crippen LogP contribution >= 0.6 is 0 Å². The molecule has 21 heavy (non-hydrogen) atoms. The number of carbonyl (C=O) groups excluding carboxylic acids is 1. The third-order valence-corrected chi connectivity index (χ3v) is 3.72. The molecule has 1 aliphatic heterocycles. The van der Waals surface area contributed by atoms with Crippen molar-refractivity contribution < 1.29 is 9.32 Å². The van der Waals surface area contributed by atoms with Crippen molar-refractivity contribution in [1.82, 2.24) is 15.1 Å². The molecule has 109 valence electrons. The topological polar surface area (TPSA) is 98.1 Å². The molecule has 2 aromatic heterocycles. The van der Waals surface area contributed by atoms with E-state index in [-0.39, 0.29) is 11.8 Å². The number of piperidine rings is 1. The van der Waals surface area contributed by atoms with Crippen LogP contribution in [0.15, 0.2) is 22.9 Å². The zero-order chi connectivity index (χ0) is 14.8. The molecule has 2 N–H and O–H groups in total. The number of rotatable bonds is 3. The summed E-state index contributed by atoms with van der Waals surface area (Å²) in [5.74, 6) is 1.59. The van der Waals surface area contributed by atoms with Crippen LogP contribution in [0.25, 0.3) is 0 Å². The Morgan fingerprint density at radius 2 is 2.43 bits per heavy atom. The van der Waals surface area contributed by atoms with Gasteiger partial charge in [-0.25, -0.2) is 4.98 Å². The fraction of sp³-hybridized carbons (Fsp3) is 0.429. The molecular formula is C14H16N5O2. The summed E-state index contributed by atoms with van der Waals surface area (Å²) >= 11 is 0. The van der Waals surface area contributed by atoms with Crippen LogP contribution in [0.3, 0.4) is 0 Å². The molecule has 2 unspecified atom stereocenters. The molecule has 2 aromatic rings. The van der Waals surface area contributed by atoms with Crippen molar-refractivity contribution in [3.63, 3.8) is 0 Å². The van der Waals surface area contributed by atoms with Gasteiger partial charge in [-0.15, -0.1) is 0 Å². The van der Waals surface area contributed by atoms with Gasteiger partial charge in [-0.1, -0.05) is 5.16 Å². The van der Waals surface area contributed by atoms with E-state index in [9.17, 15) is 4.79 Å². The fourth-order valence-corrected chi connectivity index (χ4v) is 2.69. The lowest BCUT2D eigenvalue weighted by atomic mass is 9.90. The van der Waals surface area contributed by atoms with Gasteiger partial charge in [-0.05, 0) is 31.9 Å². The summed E-state index contributed by atoms with van der Waals surface area (Å²) in [6.45, 7) is 2.44. The second-order valence-corrected chi connectivity index (χ2v) is 5.13. The van der Waals surface area contributed by atoms with Gasteiger partial charge in [0.05, 0.1) is 0 Å². The highest BCUT2D eigenvalue weighted by Gasteiger charge is 2.35. The number of hydrogen-bond acceptors (Lipinski definition) is 6. The molecule has 3 heterocycles. The minimum Gasteiger partial charge on any atom is -0.368 e. The third-order valence-electron chi connectivity index (χ3n) is 3.72. The zero-order valence-electron chi connectivity index (χ0n) is 11.7. The Labute approximate surface area is 122 Å². The van der Waals surface area contributed by atoms with Gasteiger partial charge in [0.25, 0.3) is 0 Å². The van der Waals surface area contributed by atoms with Gasteiger partial charge < -0.3 is 15.2 Å². The highest BCUT2D eigenvalue weighted by atomic mass is 16.5. The lowest BCUT2D eigenvalue weighted by Gasteiger charge is -2.37. The van der Waals surface area contributed by atoms with Crippen LogP contribution in [0.1, 0.15) is 30.5 Å². The smallest absolute Gasteiger partial charge is 0.240 e. The largest absolute Gasteiger partial charge is 0.368 e. The van der Waals surface area contributed by atoms with Crippen molar-refractivity contribution >= 4 is 11.7 Å². The minimum absolute atomic E-state index is 0.0511. The Morgan fingerprint density at radius 1 is 1.57 bits per heavy atom. The molecule has 0 aromatic carbocycles. The van der Waals surface area contributed by atoms with Crippen molar-refractivity contribution in [3.05, 3.63) is 36.1 Å². The number of aryl methyl sites for hydroxylation is 1. The van der Waals surface area contributed by atoms with Gasteiger partial charge in [0.1, 0.15) is 11.9 Å². The lowest BCUT2D eigenvalue weighted by Crippen LogP contribution is -2.50. The summed E-state index contributed by atoms with van der Waals surface area (Å²) < 4.78 is 5.22. The second-order valence-electron chi connectivity index (χ2n) is 5.13. The number of primary amides is 1. The first-order valence-corrected chi connectivity index (χ1v) is 6.83. The predicted octanol–water partition coefficient (Wildman–Crippen LogP) is 0.811. The first-order chi connectivity index (χ1) is 10.1. The molecular weight excluding hydrogens is 270 g/mol. The maximum Gasteiger partial charge on any atom is 0.240 e. The molecule has 0 aliphatic carbocycles. The zero-order valence-corrected chi connectivity index (χ0v) is 11.7. The first-order valence-electron chi connectivity index (χ1n) is 6.83. The first kappa shape index (κ1) is 13.5. The van der Waals surface area contributed by atoms with Crippen LogP contribution in [0.4, 0.5) is 5.82 Å². The molecule has 0 bridgehead atoms. The molecule has 1 aliphatic rings. The number of carbonyl (C=O) groups is 1. The molecule has 7 heteroatoms. The molecule has 1 amide bonds. The Balaban J connectivity index is 1.82. The maximum atomic E-state index is 11.8. The van der Waals surface area contributed by atoms with Gasteiger partial charge in [0.15, 0.2) is 5.82 Å². The summed E-state index contributed by atoms with van der Waals surface area (Å²) in [6.07, 6.45) is 2.95. The van der Waals surface area contributed by atoms with Gasteiger partial charge in [0.2, 0.25) is 11.8 Å². The van der Waals surface area contributed by atoms with E-state index in [0.717, 1.165) is 12.2 Å². The third kappa shape index (κ3) is 2.72. The highest BCUT2D eigenvalue weighted by Crippen LogP contribution is 2.32. The van der Waals surface area contributed by atoms with Crippen LogP contribution in [0, 0.1) is 13.0 Å². The number of nitrogens with two attached hydrogens (primary N) is 1. The quantitative estimate of drug-likeness (QED) is 0.896. The summed E-state index contributed by atoms with van der Waals surface area (Å²) in [4.78, 5) is 22.2. The summed E-state index contributed by atoms with van der Waals surface area (Å²) in [5, 5.41) is 3.81. The number of hydrogen-bond donors (Lipinski definition) is 1. The molecule has 7 nitrogen and oxygen atoms in total. The summed E-state index contributed by atoms with van der Waals surface area (Å²) in [5.41, 5.74) is 5.56. The Bertz CT molecular complexity index is 627. The second kappa shape index (κ2) is 5.51. The van der Waals surface area contributed by atoms with E-state index in [1.807, 2.05) is 11.0 Å². The average Bonchev–Trinajstić information content (AvgIpc) is 2.94. The number of nitrogens with zero attached hydrogens (tertiary/aromatic N) is 4. The molecule has 1 radical (unpaired) electrons. The van der Waals surface area contributed by atoms with Crippen LogP contribution in [0.5, 0.6) is 0 Å². The number of pyridine rings is 1. The summed E-state index contributed by atoms with van der Waals surface area (Å²) in [7, 11) is 0. The Hall–Kier alpha value is -2.44. The average molecular weight is 286 g/mol. The number of aromatic nitrogens is 3. The minimum atomic E-state index is -0.425. The SMILES string of the molecule is Cc1noc(C2CCN(c3cc[c]cn3)C(C(N)=O)C2)n1. The Kier molecular flexibility index (Phi) is 3.55. The van der Waals surface area contributed by atoms with Gasteiger partial charge in [-0.3, -0.25) is 4.79 Å². The van der Waals surface area contributed by atoms with Crippen LogP contribution in [0.2, 0.25) is 0 Å². The normalized spacial score (nSPS) is 22.2. The summed E-state index contributed by atoms with van der Waals surface area (Å²) in [6, 6.07) is 6.04. The molecule has 1 fully saturated rings. The van der Waals surface area contributed by atoms with Crippen LogP contribution in [-0.2, 0) is 4.79 Å². The van der Waals surface area contributed by atoms with Gasteiger partial charge in [0, 0.05) is 24.7 Å². The molecule has 3 rings (SSSR count). The van der Waals surface area contributed by atoms with Gasteiger partial charge in [-0.2, -0.15) is 4.98 Å². The van der Waals surface area contributed by atoms with E-state index in [0.29, 0.717) is 24.7 Å². The van der Waals surface area contributed by atoms with Crippen molar-refractivity contribution in [1.29, 1.82) is 0 Å². The number of anilines is 1. The van der Waals surface area contributed by atoms with Gasteiger partial charge >= 0.3 is 0 Å². The Morgan fingerprint density at radius 3 is 3.05 bits per heavy atom. The van der Waals surface area contributed by atoms with Crippen molar-refractivity contribution in [2.24, 2.45) is 5.73 Å². The molecule has 1 saturated heterocycles.